The highest BCUT2D eigenvalue weighted by Gasteiger charge is 1.94. The summed E-state index contributed by atoms with van der Waals surface area (Å²) in [5.74, 6) is 0. The minimum Gasteiger partial charge on any atom is -0.453 e. The van der Waals surface area contributed by atoms with E-state index in [0.29, 0.717) is 13.2 Å². The Morgan fingerprint density at radius 3 is 2.58 bits per heavy atom. The van der Waals surface area contributed by atoms with Gasteiger partial charge in [0.05, 0.1) is 13.7 Å². The normalized spacial score (nSPS) is 9.50. The lowest BCUT2D eigenvalue weighted by molar-refractivity contribution is 0.170. The van der Waals surface area contributed by atoms with Gasteiger partial charge in [0, 0.05) is 26.7 Å². The van der Waals surface area contributed by atoms with Gasteiger partial charge >= 0.3 is 6.09 Å². The van der Waals surface area contributed by atoms with Gasteiger partial charge in [-0.05, 0) is 0 Å². The molecule has 0 saturated heterocycles. The summed E-state index contributed by atoms with van der Waals surface area (Å²) in [6.45, 7) is 2.76. The number of nitrogens with one attached hydrogen (secondary N) is 2. The lowest BCUT2D eigenvalue weighted by atomic mass is 10.6. The molecule has 0 bridgehead atoms. The van der Waals surface area contributed by atoms with Crippen molar-refractivity contribution in [3.05, 3.63) is 0 Å². The van der Waals surface area contributed by atoms with Gasteiger partial charge < -0.3 is 20.1 Å². The van der Waals surface area contributed by atoms with Crippen LogP contribution in [0.3, 0.4) is 0 Å². The van der Waals surface area contributed by atoms with Crippen molar-refractivity contribution in [1.82, 2.24) is 10.6 Å². The van der Waals surface area contributed by atoms with Gasteiger partial charge in [-0.3, -0.25) is 0 Å². The summed E-state index contributed by atoms with van der Waals surface area (Å²) in [7, 11) is 2.99. The first kappa shape index (κ1) is 11.2. The predicted octanol–water partition coefficient (Wildman–Crippen LogP) is -0.422. The molecule has 0 radical (unpaired) electrons. The number of hydrogen-bond acceptors (Lipinski definition) is 4. The van der Waals surface area contributed by atoms with Crippen LogP contribution in [0.15, 0.2) is 0 Å². The van der Waals surface area contributed by atoms with E-state index in [1.165, 1.54) is 7.11 Å². The molecule has 2 N–H and O–H groups in total. The van der Waals surface area contributed by atoms with Crippen LogP contribution in [0.1, 0.15) is 0 Å². The zero-order valence-electron chi connectivity index (χ0n) is 7.55. The van der Waals surface area contributed by atoms with E-state index in [1.807, 2.05) is 0 Å². The molecule has 0 aromatic rings. The van der Waals surface area contributed by atoms with Crippen molar-refractivity contribution >= 4 is 6.09 Å². The van der Waals surface area contributed by atoms with Gasteiger partial charge in [-0.25, -0.2) is 4.79 Å². The average Bonchev–Trinajstić information content (AvgIpc) is 2.10. The van der Waals surface area contributed by atoms with Gasteiger partial charge in [0.1, 0.15) is 0 Å². The largest absolute Gasteiger partial charge is 0.453 e. The van der Waals surface area contributed by atoms with Crippen LogP contribution in [0, 0.1) is 0 Å². The SMILES string of the molecule is COCCNCCNC(=O)OC. The molecule has 0 saturated carbocycles. The number of rotatable bonds is 6. The standard InChI is InChI=1S/C7H16N2O3/c1-11-6-5-8-3-4-9-7(10)12-2/h8H,3-6H2,1-2H3,(H,9,10). The Morgan fingerprint density at radius 1 is 1.25 bits per heavy atom. The van der Waals surface area contributed by atoms with Gasteiger partial charge in [-0.1, -0.05) is 0 Å². The predicted molar refractivity (Wildman–Crippen MR) is 45.2 cm³/mol. The number of hydrogen-bond donors (Lipinski definition) is 2. The molecule has 0 aromatic heterocycles. The molecular weight excluding hydrogens is 160 g/mol. The summed E-state index contributed by atoms with van der Waals surface area (Å²) in [6.07, 6.45) is -0.399. The minimum atomic E-state index is -0.399. The van der Waals surface area contributed by atoms with Crippen molar-refractivity contribution in [1.29, 1.82) is 0 Å². The molecule has 0 fully saturated rings. The Kier molecular flexibility index (Phi) is 7.73. The third kappa shape index (κ3) is 7.30. The van der Waals surface area contributed by atoms with Crippen LogP contribution in [0.5, 0.6) is 0 Å². The number of carbonyl (C=O) groups is 1. The monoisotopic (exact) mass is 176 g/mol. The van der Waals surface area contributed by atoms with E-state index in [2.05, 4.69) is 15.4 Å². The molecule has 1 amide bonds. The van der Waals surface area contributed by atoms with E-state index in [1.54, 1.807) is 7.11 Å². The molecule has 0 rings (SSSR count). The molecule has 0 unspecified atom stereocenters. The van der Waals surface area contributed by atoms with Crippen LogP contribution in [0.25, 0.3) is 0 Å². The Balaban J connectivity index is 2.95. The van der Waals surface area contributed by atoms with Crippen LogP contribution < -0.4 is 10.6 Å². The van der Waals surface area contributed by atoms with Crippen molar-refractivity contribution in [2.24, 2.45) is 0 Å². The van der Waals surface area contributed by atoms with E-state index in [9.17, 15) is 4.79 Å². The maximum Gasteiger partial charge on any atom is 0.406 e. The van der Waals surface area contributed by atoms with Crippen LogP contribution in [-0.2, 0) is 9.47 Å². The first-order chi connectivity index (χ1) is 5.81. The van der Waals surface area contributed by atoms with E-state index in [4.69, 9.17) is 4.74 Å². The Labute approximate surface area is 72.4 Å². The molecule has 0 atom stereocenters. The average molecular weight is 176 g/mol. The second kappa shape index (κ2) is 8.29. The fourth-order valence-electron chi connectivity index (χ4n) is 0.624. The zero-order valence-corrected chi connectivity index (χ0v) is 7.55. The van der Waals surface area contributed by atoms with Gasteiger partial charge in [0.2, 0.25) is 0 Å². The van der Waals surface area contributed by atoms with Crippen molar-refractivity contribution in [3.63, 3.8) is 0 Å². The minimum absolute atomic E-state index is 0.399. The summed E-state index contributed by atoms with van der Waals surface area (Å²) >= 11 is 0. The summed E-state index contributed by atoms with van der Waals surface area (Å²) in [5, 5.41) is 5.62. The van der Waals surface area contributed by atoms with Gasteiger partial charge in [-0.15, -0.1) is 0 Å². The highest BCUT2D eigenvalue weighted by Crippen LogP contribution is 1.69. The molecule has 0 heterocycles. The van der Waals surface area contributed by atoms with E-state index in [-0.39, 0.29) is 0 Å². The third-order valence-electron chi connectivity index (χ3n) is 1.24. The molecule has 72 valence electrons. The van der Waals surface area contributed by atoms with Gasteiger partial charge in [0.25, 0.3) is 0 Å². The van der Waals surface area contributed by atoms with Crippen LogP contribution >= 0.6 is 0 Å². The summed E-state index contributed by atoms with van der Waals surface area (Å²) < 4.78 is 9.19. The number of ether oxygens (including phenoxy) is 2. The topological polar surface area (TPSA) is 59.6 Å². The number of amides is 1. The first-order valence-corrected chi connectivity index (χ1v) is 3.82. The number of alkyl carbamates (subject to hydrolysis) is 1. The van der Waals surface area contributed by atoms with Crippen molar-refractivity contribution in [2.75, 3.05) is 40.5 Å². The van der Waals surface area contributed by atoms with Crippen LogP contribution in [0.2, 0.25) is 0 Å². The summed E-state index contributed by atoms with van der Waals surface area (Å²) in [5.41, 5.74) is 0. The van der Waals surface area contributed by atoms with E-state index in [0.717, 1.165) is 13.1 Å². The van der Waals surface area contributed by atoms with Crippen molar-refractivity contribution in [2.45, 2.75) is 0 Å². The highest BCUT2D eigenvalue weighted by molar-refractivity contribution is 5.66. The molecule has 0 aromatic carbocycles. The van der Waals surface area contributed by atoms with E-state index >= 15 is 0 Å². The zero-order chi connectivity index (χ0) is 9.23. The molecule has 12 heavy (non-hydrogen) atoms. The number of methoxy groups -OCH3 is 2. The lowest BCUT2D eigenvalue weighted by Crippen LogP contribution is -2.32. The Bertz CT molecular complexity index is 119. The molecule has 0 aliphatic rings. The molecular formula is C7H16N2O3. The lowest BCUT2D eigenvalue weighted by Gasteiger charge is -2.04. The van der Waals surface area contributed by atoms with Gasteiger partial charge in [-0.2, -0.15) is 0 Å². The first-order valence-electron chi connectivity index (χ1n) is 3.82. The number of carbonyl (C=O) groups excluding carboxylic acids is 1. The quantitative estimate of drug-likeness (QED) is 0.539. The fourth-order valence-corrected chi connectivity index (χ4v) is 0.624. The van der Waals surface area contributed by atoms with Crippen molar-refractivity contribution < 1.29 is 14.3 Å². The highest BCUT2D eigenvalue weighted by atomic mass is 16.5. The summed E-state index contributed by atoms with van der Waals surface area (Å²) in [4.78, 5) is 10.5. The van der Waals surface area contributed by atoms with Gasteiger partial charge in [0.15, 0.2) is 0 Å². The summed E-state index contributed by atoms with van der Waals surface area (Å²) in [6, 6.07) is 0. The van der Waals surface area contributed by atoms with Crippen molar-refractivity contribution in [3.8, 4) is 0 Å². The molecule has 0 aliphatic carbocycles. The smallest absolute Gasteiger partial charge is 0.406 e. The van der Waals surface area contributed by atoms with Crippen LogP contribution in [-0.4, -0.2) is 46.6 Å². The second-order valence-electron chi connectivity index (χ2n) is 2.16. The van der Waals surface area contributed by atoms with E-state index < -0.39 is 6.09 Å². The maximum atomic E-state index is 10.5. The maximum absolute atomic E-state index is 10.5. The second-order valence-corrected chi connectivity index (χ2v) is 2.16. The van der Waals surface area contributed by atoms with Crippen LogP contribution in [0.4, 0.5) is 4.79 Å². The molecule has 5 heteroatoms. The molecule has 5 nitrogen and oxygen atoms in total. The molecule has 0 aliphatic heterocycles. The Hall–Kier alpha value is -0.810. The third-order valence-corrected chi connectivity index (χ3v) is 1.24. The fraction of sp³-hybridized carbons (Fsp3) is 0.857. The Morgan fingerprint density at radius 2 is 2.00 bits per heavy atom. The molecule has 0 spiro atoms.